The summed E-state index contributed by atoms with van der Waals surface area (Å²) < 4.78 is 26.9. The van der Waals surface area contributed by atoms with Crippen molar-refractivity contribution in [1.82, 2.24) is 9.21 Å². The van der Waals surface area contributed by atoms with Crippen LogP contribution in [0, 0.1) is 0 Å². The maximum atomic E-state index is 12.7. The van der Waals surface area contributed by atoms with Crippen molar-refractivity contribution in [3.05, 3.63) is 54.6 Å². The predicted octanol–water partition coefficient (Wildman–Crippen LogP) is 2.74. The average Bonchev–Trinajstić information content (AvgIpc) is 2.73. The lowest BCUT2D eigenvalue weighted by Crippen LogP contribution is -2.49. The molecule has 6 nitrogen and oxygen atoms in total. The minimum Gasteiger partial charge on any atom is -0.325 e. The van der Waals surface area contributed by atoms with Crippen molar-refractivity contribution in [2.45, 2.75) is 16.2 Å². The second kappa shape index (κ2) is 9.56. The number of hydrogen-bond donors (Lipinski definition) is 1. The number of nitrogens with one attached hydrogen (secondary N) is 1. The maximum absolute atomic E-state index is 12.7. The highest BCUT2D eigenvalue weighted by Crippen LogP contribution is 2.24. The van der Waals surface area contributed by atoms with E-state index < -0.39 is 10.0 Å². The van der Waals surface area contributed by atoms with E-state index in [1.54, 1.807) is 42.1 Å². The van der Waals surface area contributed by atoms with E-state index in [0.29, 0.717) is 44.0 Å². The molecule has 1 fully saturated rings. The maximum Gasteiger partial charge on any atom is 0.243 e. The first kappa shape index (κ1) is 20.9. The smallest absolute Gasteiger partial charge is 0.243 e. The number of sulfonamides is 1. The minimum atomic E-state index is -3.44. The Kier molecular flexibility index (Phi) is 7.12. The molecule has 8 heteroatoms. The van der Waals surface area contributed by atoms with Crippen molar-refractivity contribution in [2.75, 3.05) is 44.3 Å². The quantitative estimate of drug-likeness (QED) is 0.699. The van der Waals surface area contributed by atoms with E-state index in [1.807, 2.05) is 30.5 Å². The Balaban J connectivity index is 1.47. The third-order valence-corrected chi connectivity index (χ3v) is 7.46. The van der Waals surface area contributed by atoms with Crippen LogP contribution >= 0.6 is 11.8 Å². The van der Waals surface area contributed by atoms with E-state index in [2.05, 4.69) is 10.2 Å². The molecule has 1 aliphatic rings. The van der Waals surface area contributed by atoms with Crippen molar-refractivity contribution in [3.8, 4) is 0 Å². The molecule has 0 unspecified atom stereocenters. The van der Waals surface area contributed by atoms with Gasteiger partial charge in [0.05, 0.1) is 10.6 Å². The van der Waals surface area contributed by atoms with Gasteiger partial charge in [-0.2, -0.15) is 4.31 Å². The van der Waals surface area contributed by atoms with Gasteiger partial charge in [0, 0.05) is 44.0 Å². The topological polar surface area (TPSA) is 69.7 Å². The molecule has 2 aromatic rings. The summed E-state index contributed by atoms with van der Waals surface area (Å²) in [6.45, 7) is 2.75. The zero-order chi connectivity index (χ0) is 20.0. The molecule has 0 spiro atoms. The molecule has 0 radical (unpaired) electrons. The van der Waals surface area contributed by atoms with Crippen molar-refractivity contribution in [2.24, 2.45) is 0 Å². The molecule has 2 aromatic carbocycles. The highest BCUT2D eigenvalue weighted by Gasteiger charge is 2.28. The first-order valence-electron chi connectivity index (χ1n) is 9.21. The van der Waals surface area contributed by atoms with Crippen LogP contribution in [-0.4, -0.2) is 62.5 Å². The van der Waals surface area contributed by atoms with Crippen LogP contribution in [0.15, 0.2) is 64.4 Å². The van der Waals surface area contributed by atoms with Crippen LogP contribution in [-0.2, 0) is 14.8 Å². The number of amides is 1. The van der Waals surface area contributed by atoms with E-state index in [9.17, 15) is 13.2 Å². The summed E-state index contributed by atoms with van der Waals surface area (Å²) in [6, 6.07) is 16.3. The number of benzene rings is 2. The number of carbonyl (C=O) groups excluding carboxylic acids is 1. The Morgan fingerprint density at radius 3 is 2.32 bits per heavy atom. The summed E-state index contributed by atoms with van der Waals surface area (Å²) in [5, 5.41) is 2.96. The molecule has 0 atom stereocenters. The summed E-state index contributed by atoms with van der Waals surface area (Å²) in [5.74, 6) is -0.0270. The highest BCUT2D eigenvalue weighted by atomic mass is 32.2. The van der Waals surface area contributed by atoms with Gasteiger partial charge in [0.25, 0.3) is 0 Å². The fraction of sp³-hybridized carbons (Fsp3) is 0.350. The summed E-state index contributed by atoms with van der Waals surface area (Å²) >= 11 is 1.60. The van der Waals surface area contributed by atoms with Gasteiger partial charge in [-0.1, -0.05) is 30.3 Å². The Bertz CT molecular complexity index is 896. The van der Waals surface area contributed by atoms with Crippen LogP contribution < -0.4 is 5.32 Å². The SMILES string of the molecule is CSc1ccccc1NC(=O)CCN1CCN(S(=O)(=O)c2ccccc2)CC1. The monoisotopic (exact) mass is 419 g/mol. The third kappa shape index (κ3) is 5.14. The molecule has 0 aliphatic carbocycles. The summed E-state index contributed by atoms with van der Waals surface area (Å²) in [7, 11) is -3.44. The highest BCUT2D eigenvalue weighted by molar-refractivity contribution is 7.98. The lowest BCUT2D eigenvalue weighted by Gasteiger charge is -2.33. The van der Waals surface area contributed by atoms with Crippen molar-refractivity contribution >= 4 is 33.4 Å². The van der Waals surface area contributed by atoms with Crippen LogP contribution in [0.25, 0.3) is 0 Å². The molecular formula is C20H25N3O3S2. The molecule has 1 heterocycles. The van der Waals surface area contributed by atoms with Gasteiger partial charge >= 0.3 is 0 Å². The summed E-state index contributed by atoms with van der Waals surface area (Å²) in [5.41, 5.74) is 0.832. The first-order valence-corrected chi connectivity index (χ1v) is 11.9. The van der Waals surface area contributed by atoms with Gasteiger partial charge in [0.2, 0.25) is 15.9 Å². The molecule has 0 bridgehead atoms. The molecule has 1 N–H and O–H groups in total. The molecular weight excluding hydrogens is 394 g/mol. The third-order valence-electron chi connectivity index (χ3n) is 4.75. The molecule has 0 saturated carbocycles. The normalized spacial score (nSPS) is 16.0. The first-order chi connectivity index (χ1) is 13.5. The average molecular weight is 420 g/mol. The Hall–Kier alpha value is -1.87. The van der Waals surface area contributed by atoms with Gasteiger partial charge in [-0.15, -0.1) is 11.8 Å². The second-order valence-electron chi connectivity index (χ2n) is 6.56. The Morgan fingerprint density at radius 1 is 1.00 bits per heavy atom. The second-order valence-corrected chi connectivity index (χ2v) is 9.34. The number of carbonyl (C=O) groups is 1. The molecule has 150 valence electrons. The minimum absolute atomic E-state index is 0.0270. The molecule has 3 rings (SSSR count). The number of thioether (sulfide) groups is 1. The summed E-state index contributed by atoms with van der Waals surface area (Å²) in [6.07, 6.45) is 2.36. The van der Waals surface area contributed by atoms with Gasteiger partial charge in [-0.3, -0.25) is 4.79 Å². The number of piperazine rings is 1. The Morgan fingerprint density at radius 2 is 1.64 bits per heavy atom. The number of rotatable bonds is 7. The van der Waals surface area contributed by atoms with Gasteiger partial charge in [0.1, 0.15) is 0 Å². The van der Waals surface area contributed by atoms with Crippen LogP contribution in [0.1, 0.15) is 6.42 Å². The fourth-order valence-corrected chi connectivity index (χ4v) is 5.15. The van der Waals surface area contributed by atoms with Gasteiger partial charge in [-0.25, -0.2) is 8.42 Å². The van der Waals surface area contributed by atoms with Crippen LogP contribution in [0.4, 0.5) is 5.69 Å². The number of para-hydroxylation sites is 1. The van der Waals surface area contributed by atoms with E-state index >= 15 is 0 Å². The van der Waals surface area contributed by atoms with Gasteiger partial charge in [0.15, 0.2) is 0 Å². The zero-order valence-electron chi connectivity index (χ0n) is 15.9. The number of nitrogens with zero attached hydrogens (tertiary/aromatic N) is 2. The zero-order valence-corrected chi connectivity index (χ0v) is 17.5. The fourth-order valence-electron chi connectivity index (χ4n) is 3.16. The van der Waals surface area contributed by atoms with Crippen molar-refractivity contribution in [1.29, 1.82) is 0 Å². The number of anilines is 1. The van der Waals surface area contributed by atoms with Crippen molar-refractivity contribution < 1.29 is 13.2 Å². The molecule has 1 amide bonds. The van der Waals surface area contributed by atoms with Crippen molar-refractivity contribution in [3.63, 3.8) is 0 Å². The van der Waals surface area contributed by atoms with E-state index in [0.717, 1.165) is 10.6 Å². The van der Waals surface area contributed by atoms with Gasteiger partial charge in [-0.05, 0) is 30.5 Å². The largest absolute Gasteiger partial charge is 0.325 e. The Labute approximate surface area is 171 Å². The van der Waals surface area contributed by atoms with Gasteiger partial charge < -0.3 is 10.2 Å². The van der Waals surface area contributed by atoms with Crippen LogP contribution in [0.5, 0.6) is 0 Å². The van der Waals surface area contributed by atoms with Crippen LogP contribution in [0.3, 0.4) is 0 Å². The molecule has 0 aromatic heterocycles. The number of hydrogen-bond acceptors (Lipinski definition) is 5. The molecule has 1 aliphatic heterocycles. The lowest BCUT2D eigenvalue weighted by atomic mass is 10.3. The molecule has 1 saturated heterocycles. The van der Waals surface area contributed by atoms with E-state index in [-0.39, 0.29) is 5.91 Å². The standard InChI is InChI=1S/C20H25N3O3S2/c1-27-19-10-6-5-9-18(19)21-20(24)11-12-22-13-15-23(16-14-22)28(25,26)17-7-3-2-4-8-17/h2-10H,11-16H2,1H3,(H,21,24). The predicted molar refractivity (Wildman–Crippen MR) is 113 cm³/mol. The van der Waals surface area contributed by atoms with Crippen LogP contribution in [0.2, 0.25) is 0 Å². The molecule has 28 heavy (non-hydrogen) atoms. The lowest BCUT2D eigenvalue weighted by molar-refractivity contribution is -0.116. The summed E-state index contributed by atoms with van der Waals surface area (Å²) in [4.78, 5) is 15.8. The van der Waals surface area contributed by atoms with E-state index in [1.165, 1.54) is 4.31 Å². The van der Waals surface area contributed by atoms with E-state index in [4.69, 9.17) is 0 Å².